The first-order valence-corrected chi connectivity index (χ1v) is 7.12. The lowest BCUT2D eigenvalue weighted by Crippen LogP contribution is -2.38. The molecule has 2 unspecified atom stereocenters. The predicted octanol–water partition coefficient (Wildman–Crippen LogP) is 1.28. The van der Waals surface area contributed by atoms with Gasteiger partial charge >= 0.3 is 0 Å². The van der Waals surface area contributed by atoms with Crippen molar-refractivity contribution in [1.29, 1.82) is 0 Å². The maximum absolute atomic E-state index is 12.6. The lowest BCUT2D eigenvalue weighted by molar-refractivity contribution is -0.119. The Hall–Kier alpha value is -2.21. The van der Waals surface area contributed by atoms with Gasteiger partial charge in [-0.25, -0.2) is 4.68 Å². The largest absolute Gasteiger partial charge is 0.323 e. The van der Waals surface area contributed by atoms with Crippen LogP contribution in [0.1, 0.15) is 31.1 Å². The van der Waals surface area contributed by atoms with Gasteiger partial charge in [-0.1, -0.05) is 23.4 Å². The van der Waals surface area contributed by atoms with Crippen molar-refractivity contribution >= 4 is 11.6 Å². The molecule has 2 atom stereocenters. The number of hydrogen-bond donors (Lipinski definition) is 1. The van der Waals surface area contributed by atoms with E-state index in [-0.39, 0.29) is 24.5 Å². The number of aromatic nitrogens is 3. The molecule has 0 saturated heterocycles. The Bertz CT molecular complexity index is 664. The Morgan fingerprint density at radius 3 is 2.95 bits per heavy atom. The highest BCUT2D eigenvalue weighted by Gasteiger charge is 2.30. The lowest BCUT2D eigenvalue weighted by Gasteiger charge is -2.22. The van der Waals surface area contributed by atoms with Crippen LogP contribution in [0.3, 0.4) is 0 Å². The van der Waals surface area contributed by atoms with Gasteiger partial charge in [0.2, 0.25) is 5.91 Å². The average molecular weight is 285 g/mol. The Morgan fingerprint density at radius 2 is 2.24 bits per heavy atom. The van der Waals surface area contributed by atoms with E-state index in [2.05, 4.69) is 23.3 Å². The number of anilines is 1. The number of nitrogens with zero attached hydrogens (tertiary/aromatic N) is 4. The van der Waals surface area contributed by atoms with Crippen LogP contribution < -0.4 is 10.6 Å². The topological polar surface area (TPSA) is 77.0 Å². The minimum absolute atomic E-state index is 0.0218. The summed E-state index contributed by atoms with van der Waals surface area (Å²) >= 11 is 0. The second-order valence-electron chi connectivity index (χ2n) is 5.58. The molecular weight excluding hydrogens is 266 g/mol. The normalized spacial score (nSPS) is 18.6. The van der Waals surface area contributed by atoms with Gasteiger partial charge in [-0.3, -0.25) is 4.79 Å². The van der Waals surface area contributed by atoms with Gasteiger partial charge in [-0.15, -0.1) is 5.10 Å². The number of rotatable bonds is 3. The maximum atomic E-state index is 12.6. The summed E-state index contributed by atoms with van der Waals surface area (Å²) < 4.78 is 1.55. The minimum atomic E-state index is -0.180. The van der Waals surface area contributed by atoms with Gasteiger partial charge in [0.05, 0.1) is 11.9 Å². The molecule has 2 N–H and O–H groups in total. The summed E-state index contributed by atoms with van der Waals surface area (Å²) in [5.74, 6) is 0.0218. The molecule has 2 aromatic rings. The van der Waals surface area contributed by atoms with Gasteiger partial charge < -0.3 is 10.6 Å². The van der Waals surface area contributed by atoms with Crippen molar-refractivity contribution in [2.24, 2.45) is 5.73 Å². The van der Waals surface area contributed by atoms with Crippen molar-refractivity contribution in [2.75, 3.05) is 4.90 Å². The lowest BCUT2D eigenvalue weighted by atomic mass is 10.1. The minimum Gasteiger partial charge on any atom is -0.323 e. The van der Waals surface area contributed by atoms with Crippen LogP contribution in [0.2, 0.25) is 0 Å². The highest BCUT2D eigenvalue weighted by Crippen LogP contribution is 2.31. The fourth-order valence-corrected chi connectivity index (χ4v) is 2.76. The number of amides is 1. The molecule has 0 saturated carbocycles. The van der Waals surface area contributed by atoms with Crippen molar-refractivity contribution in [3.05, 3.63) is 41.7 Å². The fourth-order valence-electron chi connectivity index (χ4n) is 2.76. The van der Waals surface area contributed by atoms with Crippen molar-refractivity contribution in [1.82, 2.24) is 15.0 Å². The molecular formula is C15H19N5O. The number of hydrogen-bond acceptors (Lipinski definition) is 4. The summed E-state index contributed by atoms with van der Waals surface area (Å²) in [5.41, 5.74) is 8.66. The average Bonchev–Trinajstić information content (AvgIpc) is 3.01. The van der Waals surface area contributed by atoms with Crippen molar-refractivity contribution in [3.63, 3.8) is 0 Å². The first kappa shape index (κ1) is 13.8. The molecule has 6 nitrogen and oxygen atoms in total. The van der Waals surface area contributed by atoms with E-state index in [1.807, 2.05) is 30.0 Å². The number of carbonyl (C=O) groups excluding carboxylic acids is 1. The Labute approximate surface area is 123 Å². The summed E-state index contributed by atoms with van der Waals surface area (Å²) in [6, 6.07) is 8.02. The zero-order valence-corrected chi connectivity index (χ0v) is 12.2. The monoisotopic (exact) mass is 285 g/mol. The molecule has 1 aliphatic rings. The molecule has 3 rings (SSSR count). The van der Waals surface area contributed by atoms with E-state index in [0.29, 0.717) is 5.69 Å². The fraction of sp³-hybridized carbons (Fsp3) is 0.400. The van der Waals surface area contributed by atoms with Crippen LogP contribution in [-0.2, 0) is 17.8 Å². The molecule has 110 valence electrons. The number of fused-ring (bicyclic) bond motifs is 1. The van der Waals surface area contributed by atoms with Crippen LogP contribution in [0.4, 0.5) is 5.69 Å². The molecule has 0 bridgehead atoms. The van der Waals surface area contributed by atoms with Crippen molar-refractivity contribution in [2.45, 2.75) is 38.9 Å². The maximum Gasteiger partial charge on any atom is 0.249 e. The Balaban J connectivity index is 1.79. The highest BCUT2D eigenvalue weighted by molar-refractivity contribution is 5.95. The Kier molecular flexibility index (Phi) is 3.47. The van der Waals surface area contributed by atoms with Crippen LogP contribution in [0.5, 0.6) is 0 Å². The van der Waals surface area contributed by atoms with E-state index in [1.54, 1.807) is 10.9 Å². The van der Waals surface area contributed by atoms with E-state index in [4.69, 9.17) is 5.73 Å². The van der Waals surface area contributed by atoms with Crippen LogP contribution in [0, 0.1) is 0 Å². The number of para-hydroxylation sites is 1. The molecule has 0 fully saturated rings. The second-order valence-corrected chi connectivity index (χ2v) is 5.58. The third kappa shape index (κ3) is 2.54. The van der Waals surface area contributed by atoms with E-state index in [0.717, 1.165) is 12.1 Å². The molecule has 21 heavy (non-hydrogen) atoms. The van der Waals surface area contributed by atoms with Gasteiger partial charge in [0.25, 0.3) is 0 Å². The van der Waals surface area contributed by atoms with E-state index >= 15 is 0 Å². The smallest absolute Gasteiger partial charge is 0.249 e. The summed E-state index contributed by atoms with van der Waals surface area (Å²) in [5, 5.41) is 7.94. The van der Waals surface area contributed by atoms with Crippen molar-refractivity contribution < 1.29 is 4.79 Å². The standard InChI is InChI=1S/C15H19N5O/c1-10-7-12-5-3-4-6-14(12)20(10)15(21)9-19-8-13(11(2)16)17-18-19/h3-6,8,10-11H,7,9,16H2,1-2H3. The number of carbonyl (C=O) groups is 1. The molecule has 0 spiro atoms. The first-order chi connectivity index (χ1) is 10.1. The van der Waals surface area contributed by atoms with Gasteiger partial charge in [-0.2, -0.15) is 0 Å². The zero-order valence-electron chi connectivity index (χ0n) is 12.2. The van der Waals surface area contributed by atoms with Gasteiger partial charge in [0.1, 0.15) is 6.54 Å². The quantitative estimate of drug-likeness (QED) is 0.921. The first-order valence-electron chi connectivity index (χ1n) is 7.12. The van der Waals surface area contributed by atoms with E-state index in [1.165, 1.54) is 5.56 Å². The molecule has 1 aromatic heterocycles. The van der Waals surface area contributed by atoms with Crippen molar-refractivity contribution in [3.8, 4) is 0 Å². The van der Waals surface area contributed by atoms with Crippen LogP contribution in [0.15, 0.2) is 30.5 Å². The third-order valence-corrected chi connectivity index (χ3v) is 3.80. The number of benzene rings is 1. The molecule has 0 aliphatic carbocycles. The van der Waals surface area contributed by atoms with Crippen LogP contribution in [0.25, 0.3) is 0 Å². The summed E-state index contributed by atoms with van der Waals surface area (Å²) in [4.78, 5) is 14.4. The van der Waals surface area contributed by atoms with E-state index in [9.17, 15) is 4.79 Å². The molecule has 1 aromatic carbocycles. The molecule has 2 heterocycles. The van der Waals surface area contributed by atoms with E-state index < -0.39 is 0 Å². The van der Waals surface area contributed by atoms with Gasteiger partial charge in [0, 0.05) is 17.8 Å². The van der Waals surface area contributed by atoms with Gasteiger partial charge in [-0.05, 0) is 31.9 Å². The summed E-state index contributed by atoms with van der Waals surface area (Å²) in [7, 11) is 0. The SMILES string of the molecule is CC(N)c1cn(CC(=O)N2c3ccccc3CC2C)nn1. The zero-order chi connectivity index (χ0) is 15.0. The predicted molar refractivity (Wildman–Crippen MR) is 79.7 cm³/mol. The third-order valence-electron chi connectivity index (χ3n) is 3.80. The molecule has 1 amide bonds. The van der Waals surface area contributed by atoms with Crippen LogP contribution >= 0.6 is 0 Å². The molecule has 0 radical (unpaired) electrons. The molecule has 1 aliphatic heterocycles. The van der Waals surface area contributed by atoms with Gasteiger partial charge in [0.15, 0.2) is 0 Å². The summed E-state index contributed by atoms with van der Waals surface area (Å²) in [6.45, 7) is 4.08. The number of nitrogens with two attached hydrogens (primary N) is 1. The highest BCUT2D eigenvalue weighted by atomic mass is 16.2. The van der Waals surface area contributed by atoms with Crippen LogP contribution in [-0.4, -0.2) is 26.9 Å². The second kappa shape index (κ2) is 5.29. The molecule has 6 heteroatoms. The Morgan fingerprint density at radius 1 is 1.48 bits per heavy atom. The summed E-state index contributed by atoms with van der Waals surface area (Å²) in [6.07, 6.45) is 2.62.